The van der Waals surface area contributed by atoms with Crippen molar-refractivity contribution in [2.75, 3.05) is 18.6 Å². The predicted octanol–water partition coefficient (Wildman–Crippen LogP) is 3.67. The van der Waals surface area contributed by atoms with Crippen LogP contribution in [0, 0.1) is 0 Å². The summed E-state index contributed by atoms with van der Waals surface area (Å²) in [5, 5.41) is 10.3. The van der Waals surface area contributed by atoms with Crippen molar-refractivity contribution >= 4 is 34.2 Å². The van der Waals surface area contributed by atoms with E-state index >= 15 is 0 Å². The van der Waals surface area contributed by atoms with Gasteiger partial charge in [-0.25, -0.2) is 4.90 Å². The number of carboxylic acid groups (broad SMARTS) is 1. The normalized spacial score (nSPS) is 12.9. The maximum Gasteiger partial charge on any atom is 0.307 e. The zero-order chi connectivity index (χ0) is 21.4. The minimum atomic E-state index is -0.957. The molecule has 0 saturated carbocycles. The first-order chi connectivity index (χ1) is 14.5. The number of imide groups is 1. The number of carbonyl (C=O) groups is 3. The molecule has 0 fully saturated rings. The van der Waals surface area contributed by atoms with Crippen molar-refractivity contribution in [1.29, 1.82) is 0 Å². The summed E-state index contributed by atoms with van der Waals surface area (Å²) in [5.41, 5.74) is 1.26. The van der Waals surface area contributed by atoms with E-state index in [2.05, 4.69) is 0 Å². The Labute approximate surface area is 172 Å². The van der Waals surface area contributed by atoms with Gasteiger partial charge in [-0.15, -0.1) is 0 Å². The lowest BCUT2D eigenvalue weighted by Gasteiger charge is -2.15. The lowest BCUT2D eigenvalue weighted by atomic mass is 9.99. The second kappa shape index (κ2) is 7.51. The van der Waals surface area contributed by atoms with Crippen LogP contribution in [0.5, 0.6) is 11.5 Å². The van der Waals surface area contributed by atoms with Gasteiger partial charge in [-0.3, -0.25) is 14.4 Å². The molecule has 0 atom stereocenters. The quantitative estimate of drug-likeness (QED) is 0.629. The van der Waals surface area contributed by atoms with Gasteiger partial charge < -0.3 is 14.6 Å². The fraction of sp³-hybridized carbons (Fsp3) is 0.174. The van der Waals surface area contributed by atoms with Crippen LogP contribution < -0.4 is 14.4 Å². The molecule has 0 unspecified atom stereocenters. The van der Waals surface area contributed by atoms with E-state index in [0.29, 0.717) is 40.1 Å². The minimum absolute atomic E-state index is 0.143. The number of fused-ring (bicyclic) bond motifs is 2. The highest BCUT2D eigenvalue weighted by Crippen LogP contribution is 2.45. The van der Waals surface area contributed by atoms with Crippen LogP contribution in [-0.4, -0.2) is 36.6 Å². The molecule has 0 saturated heterocycles. The number of benzene rings is 3. The van der Waals surface area contributed by atoms with Crippen molar-refractivity contribution in [3.63, 3.8) is 0 Å². The molecule has 0 aromatic heterocycles. The molecule has 0 aliphatic carbocycles. The molecule has 2 amide bonds. The number of hydrogen-bond donors (Lipinski definition) is 1. The zero-order valence-corrected chi connectivity index (χ0v) is 16.5. The lowest BCUT2D eigenvalue weighted by molar-refractivity contribution is -0.136. The number of amides is 2. The third-order valence-corrected chi connectivity index (χ3v) is 5.00. The highest BCUT2D eigenvalue weighted by atomic mass is 16.5. The molecule has 30 heavy (non-hydrogen) atoms. The summed E-state index contributed by atoms with van der Waals surface area (Å²) < 4.78 is 11.4. The van der Waals surface area contributed by atoms with Gasteiger partial charge in [0.05, 0.1) is 37.0 Å². The van der Waals surface area contributed by atoms with Crippen LogP contribution in [0.1, 0.15) is 33.2 Å². The number of nitrogens with zero attached hydrogens (tertiary/aromatic N) is 1. The Hall–Kier alpha value is -3.87. The largest absolute Gasteiger partial charge is 0.495 e. The molecule has 1 aliphatic heterocycles. The number of hydrogen-bond acceptors (Lipinski definition) is 5. The summed E-state index contributed by atoms with van der Waals surface area (Å²) in [7, 11) is 1.46. The van der Waals surface area contributed by atoms with Gasteiger partial charge in [0.2, 0.25) is 0 Å². The van der Waals surface area contributed by atoms with Gasteiger partial charge in [0.1, 0.15) is 11.5 Å². The van der Waals surface area contributed by atoms with Crippen LogP contribution in [0.3, 0.4) is 0 Å². The molecule has 1 aliphatic rings. The molecule has 1 N–H and O–H groups in total. The monoisotopic (exact) mass is 405 g/mol. The van der Waals surface area contributed by atoms with E-state index in [1.807, 2.05) is 31.2 Å². The molecular weight excluding hydrogens is 386 g/mol. The fourth-order valence-corrected chi connectivity index (χ4v) is 3.78. The van der Waals surface area contributed by atoms with E-state index in [9.17, 15) is 14.4 Å². The number of carbonyl (C=O) groups excluding carboxylic acids is 2. The van der Waals surface area contributed by atoms with Crippen LogP contribution >= 0.6 is 0 Å². The standard InChI is InChI=1S/C23H19NO6/c1-3-30-21-16-7-5-4-6-15(16)20(29-2)18-19(21)23(28)24(22(18)27)14-10-8-13(9-11-14)12-17(25)26/h4-11H,3,12H2,1-2H3,(H,25,26). The first-order valence-corrected chi connectivity index (χ1v) is 9.42. The Bertz CT molecular complexity index is 1180. The Kier molecular flexibility index (Phi) is 4.87. The third-order valence-electron chi connectivity index (χ3n) is 5.00. The fourth-order valence-electron chi connectivity index (χ4n) is 3.78. The minimum Gasteiger partial charge on any atom is -0.495 e. The average Bonchev–Trinajstić information content (AvgIpc) is 2.99. The van der Waals surface area contributed by atoms with E-state index in [1.54, 1.807) is 24.3 Å². The molecule has 1 heterocycles. The summed E-state index contributed by atoms with van der Waals surface area (Å²) in [5.74, 6) is -1.29. The van der Waals surface area contributed by atoms with Gasteiger partial charge in [-0.1, -0.05) is 36.4 Å². The maximum atomic E-state index is 13.4. The van der Waals surface area contributed by atoms with Crippen molar-refractivity contribution in [3.05, 3.63) is 65.2 Å². The first-order valence-electron chi connectivity index (χ1n) is 9.42. The number of methoxy groups -OCH3 is 1. The highest BCUT2D eigenvalue weighted by Gasteiger charge is 2.43. The Morgan fingerprint density at radius 1 is 0.933 bits per heavy atom. The summed E-state index contributed by atoms with van der Waals surface area (Å²) in [4.78, 5) is 38.6. The second-order valence-electron chi connectivity index (χ2n) is 6.77. The summed E-state index contributed by atoms with van der Waals surface area (Å²) in [6.07, 6.45) is -0.143. The van der Waals surface area contributed by atoms with Crippen LogP contribution in [0.2, 0.25) is 0 Å². The summed E-state index contributed by atoms with van der Waals surface area (Å²) in [6.45, 7) is 2.14. The summed E-state index contributed by atoms with van der Waals surface area (Å²) >= 11 is 0. The van der Waals surface area contributed by atoms with Gasteiger partial charge in [-0.2, -0.15) is 0 Å². The molecular formula is C23H19NO6. The molecule has 3 aromatic rings. The van der Waals surface area contributed by atoms with E-state index < -0.39 is 17.8 Å². The van der Waals surface area contributed by atoms with E-state index in [4.69, 9.17) is 14.6 Å². The Morgan fingerprint density at radius 2 is 1.50 bits per heavy atom. The van der Waals surface area contributed by atoms with Gasteiger partial charge >= 0.3 is 5.97 Å². The molecule has 4 rings (SSSR count). The molecule has 0 spiro atoms. The molecule has 7 nitrogen and oxygen atoms in total. The van der Waals surface area contributed by atoms with Crippen molar-refractivity contribution in [3.8, 4) is 11.5 Å². The van der Waals surface area contributed by atoms with E-state index in [1.165, 1.54) is 7.11 Å². The number of carboxylic acids is 1. The smallest absolute Gasteiger partial charge is 0.307 e. The molecule has 152 valence electrons. The Balaban J connectivity index is 1.89. The number of ether oxygens (including phenoxy) is 2. The van der Waals surface area contributed by atoms with Crippen LogP contribution in [-0.2, 0) is 11.2 Å². The highest BCUT2D eigenvalue weighted by molar-refractivity contribution is 6.38. The predicted molar refractivity (Wildman–Crippen MR) is 111 cm³/mol. The lowest BCUT2D eigenvalue weighted by Crippen LogP contribution is -2.29. The van der Waals surface area contributed by atoms with Crippen LogP contribution in [0.15, 0.2) is 48.5 Å². The SMILES string of the molecule is CCOc1c2c(c(OC)c3ccccc13)C(=O)N(c1ccc(CC(=O)O)cc1)C2=O. The third kappa shape index (κ3) is 2.95. The molecule has 0 radical (unpaired) electrons. The summed E-state index contributed by atoms with van der Waals surface area (Å²) in [6, 6.07) is 13.6. The van der Waals surface area contributed by atoms with Crippen molar-refractivity contribution in [2.45, 2.75) is 13.3 Å². The molecule has 3 aromatic carbocycles. The van der Waals surface area contributed by atoms with E-state index in [0.717, 1.165) is 4.90 Å². The van der Waals surface area contributed by atoms with Gasteiger partial charge in [0.25, 0.3) is 11.8 Å². The first kappa shape index (κ1) is 19.4. The second-order valence-corrected chi connectivity index (χ2v) is 6.77. The van der Waals surface area contributed by atoms with Crippen LogP contribution in [0.4, 0.5) is 5.69 Å². The maximum absolute atomic E-state index is 13.4. The van der Waals surface area contributed by atoms with Gasteiger partial charge in [0.15, 0.2) is 0 Å². The number of anilines is 1. The van der Waals surface area contributed by atoms with Crippen molar-refractivity contribution in [1.82, 2.24) is 0 Å². The van der Waals surface area contributed by atoms with Crippen molar-refractivity contribution in [2.24, 2.45) is 0 Å². The zero-order valence-electron chi connectivity index (χ0n) is 16.5. The molecule has 0 bridgehead atoms. The van der Waals surface area contributed by atoms with Crippen molar-refractivity contribution < 1.29 is 29.0 Å². The molecule has 7 heteroatoms. The van der Waals surface area contributed by atoms with E-state index in [-0.39, 0.29) is 17.5 Å². The Morgan fingerprint density at radius 3 is 2.03 bits per heavy atom. The number of aliphatic carboxylic acids is 1. The topological polar surface area (TPSA) is 93.1 Å². The average molecular weight is 405 g/mol. The van der Waals surface area contributed by atoms with Gasteiger partial charge in [0, 0.05) is 10.8 Å². The van der Waals surface area contributed by atoms with Crippen LogP contribution in [0.25, 0.3) is 10.8 Å². The number of rotatable bonds is 6. The van der Waals surface area contributed by atoms with Gasteiger partial charge in [-0.05, 0) is 24.6 Å².